The zero-order valence-corrected chi connectivity index (χ0v) is 9.97. The molecule has 1 aromatic heterocycles. The molecule has 0 aliphatic rings. The minimum absolute atomic E-state index is 0.197. The number of aromatic nitrogens is 1. The number of nitrogens with zero attached hydrogens (tertiary/aromatic N) is 1. The van der Waals surface area contributed by atoms with E-state index in [0.717, 1.165) is 6.20 Å². The lowest BCUT2D eigenvalue weighted by atomic mass is 10.1. The predicted octanol–water partition coefficient (Wildman–Crippen LogP) is 3.54. The van der Waals surface area contributed by atoms with E-state index in [-0.39, 0.29) is 21.9 Å². The third-order valence-corrected chi connectivity index (χ3v) is 3.31. The molecule has 0 bridgehead atoms. The number of phenolic OH excluding ortho intramolecular Hbond substituents is 1. The number of alkyl halides is 3. The summed E-state index contributed by atoms with van der Waals surface area (Å²) in [6, 6.07) is 4.61. The molecule has 0 unspecified atom stereocenters. The number of benzene rings is 1. The fourth-order valence-electron chi connectivity index (χ4n) is 1.42. The lowest BCUT2D eigenvalue weighted by Crippen LogP contribution is -2.02. The smallest absolute Gasteiger partial charge is 0.443 e. The Bertz CT molecular complexity index is 566. The van der Waals surface area contributed by atoms with Crippen LogP contribution < -0.4 is 4.74 Å². The summed E-state index contributed by atoms with van der Waals surface area (Å²) < 4.78 is 42.2. The van der Waals surface area contributed by atoms with Gasteiger partial charge < -0.3 is 9.84 Å². The maximum absolute atomic E-state index is 12.4. The molecule has 1 aromatic carbocycles. The van der Waals surface area contributed by atoms with E-state index in [9.17, 15) is 18.3 Å². The molecule has 18 heavy (non-hydrogen) atoms. The lowest BCUT2D eigenvalue weighted by Gasteiger charge is -2.06. The molecule has 1 N–H and O–H groups in total. The van der Waals surface area contributed by atoms with E-state index in [0.29, 0.717) is 11.3 Å². The Morgan fingerprint density at radius 1 is 1.33 bits per heavy atom. The van der Waals surface area contributed by atoms with Crippen molar-refractivity contribution in [1.82, 2.24) is 4.98 Å². The number of phenols is 1. The van der Waals surface area contributed by atoms with Crippen molar-refractivity contribution in [3.8, 4) is 21.9 Å². The molecule has 1 heterocycles. The van der Waals surface area contributed by atoms with Gasteiger partial charge >= 0.3 is 6.18 Å². The summed E-state index contributed by atoms with van der Waals surface area (Å²) in [5.41, 5.74) is 0.266. The summed E-state index contributed by atoms with van der Waals surface area (Å²) in [4.78, 5) is 3.54. The highest BCUT2D eigenvalue weighted by atomic mass is 32.1. The second kappa shape index (κ2) is 4.49. The molecule has 7 heteroatoms. The first-order valence-corrected chi connectivity index (χ1v) is 5.64. The van der Waals surface area contributed by atoms with Gasteiger partial charge in [0.25, 0.3) is 0 Å². The van der Waals surface area contributed by atoms with Crippen LogP contribution in [-0.2, 0) is 6.18 Å². The van der Waals surface area contributed by atoms with Crippen molar-refractivity contribution in [2.75, 3.05) is 7.11 Å². The molecule has 0 amide bonds. The summed E-state index contributed by atoms with van der Waals surface area (Å²) in [7, 11) is 1.37. The van der Waals surface area contributed by atoms with Crippen LogP contribution in [0.5, 0.6) is 11.5 Å². The minimum atomic E-state index is -4.47. The molecule has 0 aliphatic carbocycles. The fourth-order valence-corrected chi connectivity index (χ4v) is 2.23. The lowest BCUT2D eigenvalue weighted by molar-refractivity contribution is -0.137. The highest BCUT2D eigenvalue weighted by Gasteiger charge is 2.34. The van der Waals surface area contributed by atoms with E-state index in [1.54, 1.807) is 6.07 Å². The molecule has 0 saturated carbocycles. The van der Waals surface area contributed by atoms with Crippen LogP contribution in [0.1, 0.15) is 5.01 Å². The SMILES string of the molecule is COc1cccc(-c2cnc(C(F)(F)F)s2)c1O. The summed E-state index contributed by atoms with van der Waals surface area (Å²) in [6.45, 7) is 0. The van der Waals surface area contributed by atoms with Gasteiger partial charge in [0.2, 0.25) is 0 Å². The molecule has 3 nitrogen and oxygen atoms in total. The Labute approximate surface area is 104 Å². The number of methoxy groups -OCH3 is 1. The van der Waals surface area contributed by atoms with Crippen LogP contribution in [0, 0.1) is 0 Å². The highest BCUT2D eigenvalue weighted by Crippen LogP contribution is 2.42. The summed E-state index contributed by atoms with van der Waals surface area (Å²) in [6.07, 6.45) is -3.39. The van der Waals surface area contributed by atoms with Gasteiger partial charge in [0.05, 0.1) is 12.0 Å². The Balaban J connectivity index is 2.47. The fraction of sp³-hybridized carbons (Fsp3) is 0.182. The van der Waals surface area contributed by atoms with Crippen LogP contribution in [0.25, 0.3) is 10.4 Å². The molecule has 0 spiro atoms. The summed E-state index contributed by atoms with van der Waals surface area (Å²) >= 11 is 0.475. The quantitative estimate of drug-likeness (QED) is 0.911. The number of aromatic hydroxyl groups is 1. The molecule has 2 rings (SSSR count). The highest BCUT2D eigenvalue weighted by molar-refractivity contribution is 7.15. The van der Waals surface area contributed by atoms with Gasteiger partial charge in [-0.2, -0.15) is 13.2 Å². The number of rotatable bonds is 2. The number of hydrogen-bond acceptors (Lipinski definition) is 4. The maximum atomic E-state index is 12.4. The second-order valence-electron chi connectivity index (χ2n) is 3.38. The van der Waals surface area contributed by atoms with E-state index in [2.05, 4.69) is 4.98 Å². The van der Waals surface area contributed by atoms with Gasteiger partial charge in [-0.3, -0.25) is 0 Å². The van der Waals surface area contributed by atoms with Crippen molar-refractivity contribution in [2.45, 2.75) is 6.18 Å². The molecular weight excluding hydrogens is 267 g/mol. The van der Waals surface area contributed by atoms with E-state index in [1.165, 1.54) is 19.2 Å². The van der Waals surface area contributed by atoms with Gasteiger partial charge in [-0.1, -0.05) is 6.07 Å². The van der Waals surface area contributed by atoms with Crippen molar-refractivity contribution in [2.24, 2.45) is 0 Å². The molecule has 96 valence electrons. The first-order valence-electron chi connectivity index (χ1n) is 4.83. The Hall–Kier alpha value is -1.76. The van der Waals surface area contributed by atoms with E-state index in [4.69, 9.17) is 4.74 Å². The van der Waals surface area contributed by atoms with Crippen molar-refractivity contribution in [1.29, 1.82) is 0 Å². The molecule has 2 aromatic rings. The Morgan fingerprint density at radius 2 is 2.06 bits per heavy atom. The van der Waals surface area contributed by atoms with E-state index < -0.39 is 11.2 Å². The Kier molecular flexibility index (Phi) is 3.16. The third-order valence-electron chi connectivity index (χ3n) is 2.23. The zero-order valence-electron chi connectivity index (χ0n) is 9.15. The van der Waals surface area contributed by atoms with Gasteiger partial charge in [0.1, 0.15) is 0 Å². The number of ether oxygens (including phenoxy) is 1. The summed E-state index contributed by atoms with van der Waals surface area (Å²) in [5, 5.41) is 8.88. The molecular formula is C11H8F3NO2S. The standard InChI is InChI=1S/C11H8F3NO2S/c1-17-7-4-2-3-6(9(7)16)8-5-15-10(18-8)11(12,13)14/h2-5,16H,1H3. The van der Waals surface area contributed by atoms with Crippen molar-refractivity contribution >= 4 is 11.3 Å². The van der Waals surface area contributed by atoms with Crippen LogP contribution in [-0.4, -0.2) is 17.2 Å². The average molecular weight is 275 g/mol. The Morgan fingerprint density at radius 3 is 2.61 bits per heavy atom. The first-order chi connectivity index (χ1) is 8.43. The second-order valence-corrected chi connectivity index (χ2v) is 4.41. The number of halogens is 3. The largest absolute Gasteiger partial charge is 0.504 e. The van der Waals surface area contributed by atoms with Gasteiger partial charge in [-0.15, -0.1) is 11.3 Å². The molecule has 0 saturated heterocycles. The number of para-hydroxylation sites is 1. The van der Waals surface area contributed by atoms with Crippen LogP contribution in [0.15, 0.2) is 24.4 Å². The zero-order chi connectivity index (χ0) is 13.3. The topological polar surface area (TPSA) is 42.4 Å². The van der Waals surface area contributed by atoms with Gasteiger partial charge in [-0.25, -0.2) is 4.98 Å². The normalized spacial score (nSPS) is 11.6. The van der Waals surface area contributed by atoms with Crippen molar-refractivity contribution in [3.63, 3.8) is 0 Å². The molecule has 0 aliphatic heterocycles. The monoisotopic (exact) mass is 275 g/mol. The minimum Gasteiger partial charge on any atom is -0.504 e. The first kappa shape index (κ1) is 12.7. The van der Waals surface area contributed by atoms with Gasteiger partial charge in [-0.05, 0) is 12.1 Å². The van der Waals surface area contributed by atoms with Crippen LogP contribution in [0.2, 0.25) is 0 Å². The molecule has 0 fully saturated rings. The van der Waals surface area contributed by atoms with Crippen molar-refractivity contribution in [3.05, 3.63) is 29.4 Å². The van der Waals surface area contributed by atoms with Gasteiger partial charge in [0.15, 0.2) is 16.5 Å². The van der Waals surface area contributed by atoms with E-state index >= 15 is 0 Å². The van der Waals surface area contributed by atoms with E-state index in [1.807, 2.05) is 0 Å². The number of thiazole rings is 1. The maximum Gasteiger partial charge on any atom is 0.443 e. The van der Waals surface area contributed by atoms with Crippen molar-refractivity contribution < 1.29 is 23.0 Å². The van der Waals surface area contributed by atoms with Gasteiger partial charge in [0, 0.05) is 11.8 Å². The number of hydrogen-bond donors (Lipinski definition) is 1. The van der Waals surface area contributed by atoms with Crippen LogP contribution in [0.3, 0.4) is 0 Å². The van der Waals surface area contributed by atoms with Crippen LogP contribution >= 0.6 is 11.3 Å². The summed E-state index contributed by atoms with van der Waals surface area (Å²) in [5.74, 6) is 0.00633. The van der Waals surface area contributed by atoms with Crippen LogP contribution in [0.4, 0.5) is 13.2 Å². The molecule has 0 radical (unpaired) electrons. The average Bonchev–Trinajstić information content (AvgIpc) is 2.78. The molecule has 0 atom stereocenters. The third kappa shape index (κ3) is 2.26. The predicted molar refractivity (Wildman–Crippen MR) is 60.8 cm³/mol.